The van der Waals surface area contributed by atoms with E-state index >= 15 is 0 Å². The Bertz CT molecular complexity index is 360. The van der Waals surface area contributed by atoms with E-state index in [0.29, 0.717) is 5.92 Å². The second-order valence-corrected chi connectivity index (χ2v) is 3.60. The molecule has 0 amide bonds. The van der Waals surface area contributed by atoms with Gasteiger partial charge in [-0.25, -0.2) is 9.97 Å². The predicted molar refractivity (Wildman–Crippen MR) is 45.9 cm³/mol. The van der Waals surface area contributed by atoms with Crippen LogP contribution in [0.1, 0.15) is 25.5 Å². The van der Waals surface area contributed by atoms with E-state index in [4.69, 9.17) is 0 Å². The molecule has 2 heterocycles. The predicted octanol–water partition coefficient (Wildman–Crippen LogP) is 2.14. The van der Waals surface area contributed by atoms with E-state index in [1.807, 2.05) is 6.20 Å². The minimum absolute atomic E-state index is 0.467. The first kappa shape index (κ1) is 6.79. The quantitative estimate of drug-likeness (QED) is 0.707. The van der Waals surface area contributed by atoms with Gasteiger partial charge < -0.3 is 0 Å². The van der Waals surface area contributed by atoms with Crippen molar-refractivity contribution in [3.05, 3.63) is 11.9 Å². The van der Waals surface area contributed by atoms with Crippen molar-refractivity contribution in [3.63, 3.8) is 0 Å². The van der Waals surface area contributed by atoms with Gasteiger partial charge in [-0.1, -0.05) is 13.8 Å². The average molecular weight is 167 g/mol. The molecule has 1 N–H and O–H groups in total. The third-order valence-electron chi connectivity index (χ3n) is 1.60. The highest BCUT2D eigenvalue weighted by Crippen LogP contribution is 2.18. The van der Waals surface area contributed by atoms with E-state index < -0.39 is 0 Å². The van der Waals surface area contributed by atoms with Crippen LogP contribution < -0.4 is 0 Å². The van der Waals surface area contributed by atoms with Crippen molar-refractivity contribution in [1.29, 1.82) is 0 Å². The van der Waals surface area contributed by atoms with Crippen molar-refractivity contribution >= 4 is 22.0 Å². The highest BCUT2D eigenvalue weighted by atomic mass is 32.1. The fourth-order valence-corrected chi connectivity index (χ4v) is 1.40. The van der Waals surface area contributed by atoms with Gasteiger partial charge in [0.05, 0.1) is 11.9 Å². The van der Waals surface area contributed by atoms with Gasteiger partial charge in [-0.3, -0.25) is 4.37 Å². The molecule has 0 aromatic carbocycles. The Labute approximate surface area is 68.6 Å². The van der Waals surface area contributed by atoms with E-state index in [2.05, 4.69) is 28.2 Å². The van der Waals surface area contributed by atoms with Crippen molar-refractivity contribution in [2.75, 3.05) is 0 Å². The van der Waals surface area contributed by atoms with Gasteiger partial charge in [0.25, 0.3) is 0 Å². The molecule has 0 bridgehead atoms. The van der Waals surface area contributed by atoms with Gasteiger partial charge in [0.15, 0.2) is 10.5 Å². The smallest absolute Gasteiger partial charge is 0.177 e. The van der Waals surface area contributed by atoms with Crippen LogP contribution in [0.5, 0.6) is 0 Å². The molecule has 0 aliphatic heterocycles. The zero-order valence-electron chi connectivity index (χ0n) is 6.46. The summed E-state index contributed by atoms with van der Waals surface area (Å²) < 4.78 is 3.00. The second-order valence-electron chi connectivity index (χ2n) is 2.81. The lowest BCUT2D eigenvalue weighted by Gasteiger charge is -2.05. The first-order chi connectivity index (χ1) is 5.27. The van der Waals surface area contributed by atoms with Crippen LogP contribution in [0.15, 0.2) is 6.20 Å². The SMILES string of the molecule is CC(C)c1cnc2[nH]sc2n1. The van der Waals surface area contributed by atoms with E-state index in [-0.39, 0.29) is 0 Å². The largest absolute Gasteiger partial charge is 0.291 e. The van der Waals surface area contributed by atoms with E-state index in [9.17, 15) is 0 Å². The van der Waals surface area contributed by atoms with Gasteiger partial charge >= 0.3 is 0 Å². The minimum Gasteiger partial charge on any atom is -0.291 e. The third-order valence-corrected chi connectivity index (χ3v) is 2.37. The van der Waals surface area contributed by atoms with Gasteiger partial charge in [0.1, 0.15) is 0 Å². The molecule has 4 heteroatoms. The molecular weight excluding hydrogens is 158 g/mol. The van der Waals surface area contributed by atoms with Crippen LogP contribution in [-0.4, -0.2) is 14.3 Å². The lowest BCUT2D eigenvalue weighted by molar-refractivity contribution is 0.822. The van der Waals surface area contributed by atoms with E-state index in [0.717, 1.165) is 16.2 Å². The van der Waals surface area contributed by atoms with Crippen LogP contribution in [0.2, 0.25) is 0 Å². The van der Waals surface area contributed by atoms with Crippen molar-refractivity contribution in [2.24, 2.45) is 0 Å². The van der Waals surface area contributed by atoms with Gasteiger partial charge in [-0.2, -0.15) is 0 Å². The zero-order chi connectivity index (χ0) is 7.84. The summed E-state index contributed by atoms with van der Waals surface area (Å²) in [5.74, 6) is 0.467. The lowest BCUT2D eigenvalue weighted by atomic mass is 10.1. The van der Waals surface area contributed by atoms with Crippen LogP contribution in [0.25, 0.3) is 10.5 Å². The molecule has 0 aliphatic carbocycles. The molecule has 0 spiro atoms. The molecule has 0 radical (unpaired) electrons. The Morgan fingerprint density at radius 1 is 1.55 bits per heavy atom. The number of fused-ring (bicyclic) bond motifs is 1. The van der Waals surface area contributed by atoms with Crippen LogP contribution in [-0.2, 0) is 0 Å². The summed E-state index contributed by atoms with van der Waals surface area (Å²) in [5, 5.41) is 0. The summed E-state index contributed by atoms with van der Waals surface area (Å²) in [6.45, 7) is 4.24. The molecule has 2 aromatic heterocycles. The molecule has 3 nitrogen and oxygen atoms in total. The van der Waals surface area contributed by atoms with Gasteiger partial charge in [-0.05, 0) is 17.5 Å². The van der Waals surface area contributed by atoms with Crippen LogP contribution >= 0.6 is 11.5 Å². The lowest BCUT2D eigenvalue weighted by Crippen LogP contribution is -1.96. The first-order valence-electron chi connectivity index (χ1n) is 3.57. The topological polar surface area (TPSA) is 41.6 Å². The summed E-state index contributed by atoms with van der Waals surface area (Å²) >= 11 is 1.54. The maximum absolute atomic E-state index is 4.40. The molecule has 58 valence electrons. The standard InChI is InChI=1S/C7H9N3S/c1-4(2)5-3-8-6-7(9-5)11-10-6/h3-4H,1-2H3,(H,8,10). The van der Waals surface area contributed by atoms with Crippen molar-refractivity contribution < 1.29 is 0 Å². The van der Waals surface area contributed by atoms with Crippen molar-refractivity contribution in [2.45, 2.75) is 19.8 Å². The van der Waals surface area contributed by atoms with E-state index in [1.54, 1.807) is 0 Å². The molecule has 2 aromatic rings. The fraction of sp³-hybridized carbons (Fsp3) is 0.429. The second kappa shape index (κ2) is 2.30. The number of hydrogen-bond acceptors (Lipinski definition) is 3. The number of aromatic nitrogens is 3. The monoisotopic (exact) mass is 167 g/mol. The molecule has 0 fully saturated rings. The summed E-state index contributed by atoms with van der Waals surface area (Å²) in [6.07, 6.45) is 1.83. The Hall–Kier alpha value is -0.900. The van der Waals surface area contributed by atoms with Crippen LogP contribution in [0, 0.1) is 0 Å². The maximum atomic E-state index is 4.40. The molecular formula is C7H9N3S. The molecule has 0 atom stereocenters. The molecule has 0 saturated heterocycles. The highest BCUT2D eigenvalue weighted by Gasteiger charge is 2.05. The van der Waals surface area contributed by atoms with Crippen molar-refractivity contribution in [1.82, 2.24) is 14.3 Å². The molecule has 0 unspecified atom stereocenters. The average Bonchev–Trinajstić information content (AvgIpc) is 1.91. The Morgan fingerprint density at radius 3 is 2.82 bits per heavy atom. The highest BCUT2D eigenvalue weighted by molar-refractivity contribution is 7.14. The first-order valence-corrected chi connectivity index (χ1v) is 4.39. The number of H-pyrrole nitrogens is 1. The summed E-state index contributed by atoms with van der Waals surface area (Å²) in [5.41, 5.74) is 1.98. The summed E-state index contributed by atoms with van der Waals surface area (Å²) in [7, 11) is 0. The Morgan fingerprint density at radius 2 is 2.36 bits per heavy atom. The fourth-order valence-electron chi connectivity index (χ4n) is 0.855. The Balaban J connectivity index is 2.51. The van der Waals surface area contributed by atoms with Gasteiger partial charge in [0.2, 0.25) is 0 Å². The van der Waals surface area contributed by atoms with Crippen molar-refractivity contribution in [3.8, 4) is 0 Å². The molecule has 0 saturated carbocycles. The molecule has 0 aliphatic rings. The number of hydrogen-bond donors (Lipinski definition) is 1. The van der Waals surface area contributed by atoms with Gasteiger partial charge in [-0.15, -0.1) is 0 Å². The number of aromatic amines is 1. The Kier molecular flexibility index (Phi) is 1.42. The normalized spacial score (nSPS) is 11.5. The summed E-state index contributed by atoms with van der Waals surface area (Å²) in [4.78, 5) is 9.61. The number of rotatable bonds is 1. The molecule has 2 rings (SSSR count). The zero-order valence-corrected chi connectivity index (χ0v) is 7.27. The number of nitrogens with one attached hydrogen (secondary N) is 1. The third kappa shape index (κ3) is 1.03. The molecule has 11 heavy (non-hydrogen) atoms. The number of nitrogens with zero attached hydrogens (tertiary/aromatic N) is 2. The summed E-state index contributed by atoms with van der Waals surface area (Å²) in [6, 6.07) is 0. The van der Waals surface area contributed by atoms with Crippen LogP contribution in [0.4, 0.5) is 0 Å². The maximum Gasteiger partial charge on any atom is 0.177 e. The van der Waals surface area contributed by atoms with E-state index in [1.165, 1.54) is 11.5 Å². The van der Waals surface area contributed by atoms with Gasteiger partial charge in [0, 0.05) is 0 Å². The van der Waals surface area contributed by atoms with Crippen LogP contribution in [0.3, 0.4) is 0 Å². The minimum atomic E-state index is 0.467.